The Kier molecular flexibility index (Phi) is 7.00. The molecule has 5 heteroatoms. The third-order valence-corrected chi connectivity index (χ3v) is 4.31. The van der Waals surface area contributed by atoms with Crippen molar-refractivity contribution in [1.82, 2.24) is 4.90 Å². The van der Waals surface area contributed by atoms with E-state index in [-0.39, 0.29) is 16.4 Å². The fourth-order valence-electron chi connectivity index (χ4n) is 2.09. The highest BCUT2D eigenvalue weighted by molar-refractivity contribution is 9.10. The van der Waals surface area contributed by atoms with Crippen molar-refractivity contribution in [1.29, 1.82) is 0 Å². The number of hydrogen-bond acceptors (Lipinski definition) is 1. The highest BCUT2D eigenvalue weighted by Crippen LogP contribution is 2.23. The summed E-state index contributed by atoms with van der Waals surface area (Å²) in [4.78, 5) is 14.4. The molecule has 0 atom stereocenters. The maximum absolute atomic E-state index is 13.5. The Morgan fingerprint density at radius 2 is 2.00 bits per heavy atom. The molecular formula is C14H18Br2FNO. The molecule has 1 aromatic carbocycles. The largest absolute Gasteiger partial charge is 0.335 e. The molecule has 0 aromatic heterocycles. The van der Waals surface area contributed by atoms with Gasteiger partial charge in [-0.1, -0.05) is 35.8 Å². The Bertz CT molecular complexity index is 435. The van der Waals surface area contributed by atoms with Gasteiger partial charge in [0.05, 0.1) is 10.0 Å². The van der Waals surface area contributed by atoms with Gasteiger partial charge in [0.15, 0.2) is 0 Å². The standard InChI is InChI=1S/C14H18Br2FNO/c1-3-10(4-2)18(9-8-15)14(19)11-6-5-7-12(17)13(11)16/h5-7,10H,3-4,8-9H2,1-2H3. The van der Waals surface area contributed by atoms with E-state index in [0.717, 1.165) is 12.8 Å². The third-order valence-electron chi connectivity index (χ3n) is 3.15. The number of benzene rings is 1. The van der Waals surface area contributed by atoms with Gasteiger partial charge >= 0.3 is 0 Å². The predicted octanol–water partition coefficient (Wildman–Crippen LogP) is 4.61. The molecule has 0 N–H and O–H groups in total. The average Bonchev–Trinajstić information content (AvgIpc) is 2.41. The van der Waals surface area contributed by atoms with E-state index in [4.69, 9.17) is 0 Å². The quantitative estimate of drug-likeness (QED) is 0.645. The zero-order valence-electron chi connectivity index (χ0n) is 11.1. The Morgan fingerprint density at radius 1 is 1.37 bits per heavy atom. The molecule has 0 aliphatic heterocycles. The molecule has 106 valence electrons. The van der Waals surface area contributed by atoms with E-state index in [0.29, 0.717) is 17.4 Å². The first kappa shape index (κ1) is 16.6. The van der Waals surface area contributed by atoms with Crippen LogP contribution >= 0.6 is 31.9 Å². The van der Waals surface area contributed by atoms with Gasteiger partial charge in [-0.05, 0) is 40.9 Å². The normalized spacial score (nSPS) is 10.8. The number of hydrogen-bond donors (Lipinski definition) is 0. The third kappa shape index (κ3) is 4.02. The maximum atomic E-state index is 13.5. The number of nitrogens with zero attached hydrogens (tertiary/aromatic N) is 1. The van der Waals surface area contributed by atoms with Crippen LogP contribution in [0.2, 0.25) is 0 Å². The van der Waals surface area contributed by atoms with Gasteiger partial charge < -0.3 is 4.90 Å². The minimum absolute atomic E-state index is 0.125. The van der Waals surface area contributed by atoms with Gasteiger partial charge in [0.25, 0.3) is 5.91 Å². The molecule has 1 amide bonds. The van der Waals surface area contributed by atoms with Gasteiger partial charge in [0.2, 0.25) is 0 Å². The van der Waals surface area contributed by atoms with Crippen LogP contribution < -0.4 is 0 Å². The van der Waals surface area contributed by atoms with Crippen molar-refractivity contribution in [2.24, 2.45) is 0 Å². The zero-order chi connectivity index (χ0) is 14.4. The molecule has 0 heterocycles. The summed E-state index contributed by atoms with van der Waals surface area (Å²) < 4.78 is 13.8. The molecule has 1 rings (SSSR count). The van der Waals surface area contributed by atoms with Gasteiger partial charge in [0.1, 0.15) is 5.82 Å². The summed E-state index contributed by atoms with van der Waals surface area (Å²) >= 11 is 6.53. The Morgan fingerprint density at radius 3 is 2.53 bits per heavy atom. The van der Waals surface area contributed by atoms with Crippen LogP contribution in [0.3, 0.4) is 0 Å². The van der Waals surface area contributed by atoms with Gasteiger partial charge in [-0.25, -0.2) is 4.39 Å². The summed E-state index contributed by atoms with van der Waals surface area (Å²) in [5.74, 6) is -0.534. The van der Waals surface area contributed by atoms with Crippen LogP contribution in [0.15, 0.2) is 22.7 Å². The number of amides is 1. The highest BCUT2D eigenvalue weighted by Gasteiger charge is 2.24. The number of carbonyl (C=O) groups excluding carboxylic acids is 1. The van der Waals surface area contributed by atoms with Crippen LogP contribution in [0.1, 0.15) is 37.0 Å². The van der Waals surface area contributed by atoms with Crippen LogP contribution in [0.4, 0.5) is 4.39 Å². The van der Waals surface area contributed by atoms with Crippen LogP contribution in [-0.4, -0.2) is 28.7 Å². The molecule has 0 bridgehead atoms. The summed E-state index contributed by atoms with van der Waals surface area (Å²) in [6.45, 7) is 4.74. The van der Waals surface area contributed by atoms with E-state index in [2.05, 4.69) is 45.7 Å². The Hall–Kier alpha value is -0.420. The first-order valence-corrected chi connectivity index (χ1v) is 8.29. The van der Waals surface area contributed by atoms with Crippen molar-refractivity contribution in [2.75, 3.05) is 11.9 Å². The van der Waals surface area contributed by atoms with Crippen LogP contribution in [0.5, 0.6) is 0 Å². The predicted molar refractivity (Wildman–Crippen MR) is 83.3 cm³/mol. The fourth-order valence-corrected chi connectivity index (χ4v) is 2.91. The van der Waals surface area contributed by atoms with Crippen LogP contribution in [0.25, 0.3) is 0 Å². The molecule has 0 aliphatic rings. The van der Waals surface area contributed by atoms with E-state index < -0.39 is 5.82 Å². The maximum Gasteiger partial charge on any atom is 0.255 e. The second-order valence-corrected chi connectivity index (χ2v) is 5.85. The molecule has 0 aliphatic carbocycles. The van der Waals surface area contributed by atoms with Crippen molar-refractivity contribution in [3.8, 4) is 0 Å². The molecule has 0 spiro atoms. The van der Waals surface area contributed by atoms with Crippen LogP contribution in [-0.2, 0) is 0 Å². The zero-order valence-corrected chi connectivity index (χ0v) is 14.3. The molecule has 0 saturated carbocycles. The van der Waals surface area contributed by atoms with Crippen molar-refractivity contribution >= 4 is 37.8 Å². The summed E-state index contributed by atoms with van der Waals surface area (Å²) in [6.07, 6.45) is 1.78. The molecule has 0 fully saturated rings. The topological polar surface area (TPSA) is 20.3 Å². The van der Waals surface area contributed by atoms with E-state index in [1.54, 1.807) is 12.1 Å². The molecule has 0 saturated heterocycles. The molecular weight excluding hydrogens is 377 g/mol. The minimum Gasteiger partial charge on any atom is -0.335 e. The SMILES string of the molecule is CCC(CC)N(CCBr)C(=O)c1cccc(F)c1Br. The van der Waals surface area contributed by atoms with Gasteiger partial charge in [-0.2, -0.15) is 0 Å². The van der Waals surface area contributed by atoms with E-state index in [9.17, 15) is 9.18 Å². The lowest BCUT2D eigenvalue weighted by atomic mass is 10.1. The van der Waals surface area contributed by atoms with E-state index in [1.807, 2.05) is 4.90 Å². The lowest BCUT2D eigenvalue weighted by Gasteiger charge is -2.30. The van der Waals surface area contributed by atoms with Crippen LogP contribution in [0, 0.1) is 5.82 Å². The molecule has 2 nitrogen and oxygen atoms in total. The summed E-state index contributed by atoms with van der Waals surface area (Å²) in [5, 5.41) is 0.710. The fraction of sp³-hybridized carbons (Fsp3) is 0.500. The molecule has 0 radical (unpaired) electrons. The lowest BCUT2D eigenvalue weighted by Crippen LogP contribution is -2.41. The number of halogens is 3. The number of carbonyl (C=O) groups is 1. The summed E-state index contributed by atoms with van der Waals surface area (Å²) in [6, 6.07) is 4.73. The van der Waals surface area contributed by atoms with Crippen molar-refractivity contribution < 1.29 is 9.18 Å². The van der Waals surface area contributed by atoms with Gasteiger partial charge in [-0.3, -0.25) is 4.79 Å². The van der Waals surface area contributed by atoms with Gasteiger partial charge in [0, 0.05) is 17.9 Å². The molecule has 19 heavy (non-hydrogen) atoms. The van der Waals surface area contributed by atoms with Crippen molar-refractivity contribution in [3.63, 3.8) is 0 Å². The second-order valence-electron chi connectivity index (χ2n) is 4.26. The van der Waals surface area contributed by atoms with E-state index in [1.165, 1.54) is 6.07 Å². The molecule has 1 aromatic rings. The second kappa shape index (κ2) is 8.00. The summed E-state index contributed by atoms with van der Waals surface area (Å²) in [7, 11) is 0. The molecule has 0 unspecified atom stereocenters. The lowest BCUT2D eigenvalue weighted by molar-refractivity contribution is 0.0681. The van der Waals surface area contributed by atoms with E-state index >= 15 is 0 Å². The first-order valence-electron chi connectivity index (χ1n) is 6.37. The van der Waals surface area contributed by atoms with Crippen molar-refractivity contribution in [2.45, 2.75) is 32.7 Å². The van der Waals surface area contributed by atoms with Crippen molar-refractivity contribution in [3.05, 3.63) is 34.1 Å². The monoisotopic (exact) mass is 393 g/mol. The number of alkyl halides is 1. The smallest absolute Gasteiger partial charge is 0.255 e. The highest BCUT2D eigenvalue weighted by atomic mass is 79.9. The summed E-state index contributed by atoms with van der Waals surface area (Å²) in [5.41, 5.74) is 0.382. The average molecular weight is 395 g/mol. The van der Waals surface area contributed by atoms with Gasteiger partial charge in [-0.15, -0.1) is 0 Å². The number of rotatable bonds is 6. The first-order chi connectivity index (χ1) is 9.06. The minimum atomic E-state index is -0.408. The Labute approximate surface area is 130 Å². The Balaban J connectivity index is 3.08.